The summed E-state index contributed by atoms with van der Waals surface area (Å²) in [6, 6.07) is 9.38. The molecule has 628 valence electrons. The lowest BCUT2D eigenvalue weighted by atomic mass is 9.97. The predicted octanol–water partition coefficient (Wildman–Crippen LogP) is -5.40. The van der Waals surface area contributed by atoms with Crippen molar-refractivity contribution in [3.8, 4) is 5.75 Å². The lowest BCUT2D eigenvalue weighted by Gasteiger charge is -2.33. The minimum atomic E-state index is -1.82. The van der Waals surface area contributed by atoms with Crippen molar-refractivity contribution < 1.29 is 77.3 Å². The number of aromatic nitrogens is 4. The number of phenols is 1. The van der Waals surface area contributed by atoms with E-state index in [4.69, 9.17) is 28.0 Å². The van der Waals surface area contributed by atoms with E-state index in [1.165, 1.54) is 67.9 Å². The number of H-pyrrole nitrogens is 1. The third-order valence-electron chi connectivity index (χ3n) is 18.8. The maximum atomic E-state index is 15.3. The van der Waals surface area contributed by atoms with Crippen LogP contribution >= 0.6 is 11.8 Å². The van der Waals surface area contributed by atoms with Crippen molar-refractivity contribution in [3.63, 3.8) is 0 Å². The molecular weight excluding hydrogens is 1540 g/mol. The molecule has 4 aromatic carbocycles. The molecule has 41 heteroatoms. The molecule has 0 spiro atoms. The number of benzene rings is 4. The number of aromatic hydroxyl groups is 1. The Balaban J connectivity index is 1.29. The van der Waals surface area contributed by atoms with E-state index < -0.39 is 192 Å². The van der Waals surface area contributed by atoms with E-state index in [-0.39, 0.29) is 88.7 Å². The second-order valence-corrected chi connectivity index (χ2v) is 28.7. The molecule has 11 atom stereocenters. The number of imidazole rings is 2. The van der Waals surface area contributed by atoms with Gasteiger partial charge in [0.1, 0.15) is 72.2 Å². The molecule has 25 N–H and O–H groups in total. The lowest BCUT2D eigenvalue weighted by Crippen LogP contribution is -2.61. The molecule has 7 rings (SSSR count). The van der Waals surface area contributed by atoms with Gasteiger partial charge in [0.25, 0.3) is 0 Å². The number of nitrogens with zero attached hydrogens (tertiary/aromatic N) is 4. The first kappa shape index (κ1) is 91.0. The van der Waals surface area contributed by atoms with Crippen LogP contribution in [0.1, 0.15) is 74.0 Å². The lowest BCUT2D eigenvalue weighted by molar-refractivity contribution is -0.143. The fraction of sp³-hybridized carbons (Fsp3) is 0.421. The van der Waals surface area contributed by atoms with Gasteiger partial charge in [0.05, 0.1) is 43.8 Å². The first-order valence-corrected chi connectivity index (χ1v) is 38.7. The number of primary amides is 1. The Kier molecular flexibility index (Phi) is 35.5. The Morgan fingerprint density at radius 1 is 0.573 bits per heavy atom. The van der Waals surface area contributed by atoms with Gasteiger partial charge < -0.3 is 116 Å². The number of aliphatic hydroxyl groups is 1. The number of thioether (sulfide) groups is 1. The van der Waals surface area contributed by atoms with Crippen LogP contribution in [0.2, 0.25) is 0 Å². The molecule has 1 fully saturated rings. The molecule has 1 aliphatic heterocycles. The average Bonchev–Trinajstić information content (AvgIpc) is 1.50. The molecular formula is C76H102N24O16S. The monoisotopic (exact) mass is 1640 g/mol. The largest absolute Gasteiger partial charge is 0.508 e. The minimum Gasteiger partial charge on any atom is -0.508 e. The normalized spacial score (nSPS) is 22.2. The Labute approximate surface area is 677 Å². The zero-order valence-electron chi connectivity index (χ0n) is 65.0. The van der Waals surface area contributed by atoms with Gasteiger partial charge >= 0.3 is 0 Å². The van der Waals surface area contributed by atoms with Gasteiger partial charge in [-0.05, 0) is 78.6 Å². The van der Waals surface area contributed by atoms with Gasteiger partial charge in [-0.2, -0.15) is 0 Å². The highest BCUT2D eigenvalue weighted by Gasteiger charge is 2.39. The zero-order valence-corrected chi connectivity index (χ0v) is 65.8. The van der Waals surface area contributed by atoms with Crippen LogP contribution in [0.25, 0.3) is 10.8 Å². The van der Waals surface area contributed by atoms with Gasteiger partial charge in [-0.3, -0.25) is 77.9 Å². The van der Waals surface area contributed by atoms with Crippen LogP contribution < -0.4 is 91.6 Å². The highest BCUT2D eigenvalue weighted by molar-refractivity contribution is 8.00. The van der Waals surface area contributed by atoms with Crippen molar-refractivity contribution >= 4 is 117 Å². The maximum Gasteiger partial charge on any atom is 0.245 e. The standard InChI is InChI=1S/C76H102N24O16S/c1-5-51-66(108)95-55(30-46-18-11-17-45-16-9-10-19-50(45)46)68(110)89-42(2)64(106)87-36-62(104)91-58(37-101)72(114)94-53(21-13-27-85-76(80)81)74(116)100(4)60(29-44-22-24-49(102)25-23-44)73(115)97-56(31-47-33-82-40-88-47)70(112)93-52(20-12-26-84-75(78)79)67(109)96-57(32-48-34-83-41-99(48)3)71(113)98-59(65(107)86-35-61(77)103)38-117-39-63(105)90-54(69(111)92-51)28-43-14-7-6-8-15-43/h6-11,14-19,22-25,33-34,40-42,51-60,101-102H,5,12-13,20-21,26-32,35-39H2,1-4H3,(H2,77,103)(H,82,88)(H,86,107)(H,87,106)(H,89,110)(H,90,105)(H,91,104)(H,92,111)(H,93,112)(H,94,114)(H,95,108)(H,96,109)(H,97,115)(H,98,113)(H4,78,79,84)(H4,80,81,85). The molecule has 14 amide bonds. The van der Waals surface area contributed by atoms with Gasteiger partial charge in [0.2, 0.25) is 82.7 Å². The second-order valence-electron chi connectivity index (χ2n) is 27.7. The number of guanidine groups is 2. The number of nitrogens with one attached hydrogen (secondary N) is 17. The van der Waals surface area contributed by atoms with Crippen LogP contribution in [-0.4, -0.2) is 247 Å². The quantitative estimate of drug-likeness (QED) is 0.0162. The summed E-state index contributed by atoms with van der Waals surface area (Å²) in [7, 11) is 2.81. The third kappa shape index (κ3) is 29.3. The predicted molar refractivity (Wildman–Crippen MR) is 429 cm³/mol. The molecule has 40 nitrogen and oxygen atoms in total. The summed E-state index contributed by atoms with van der Waals surface area (Å²) in [5.74, 6) is -15.4. The van der Waals surface area contributed by atoms with E-state index >= 15 is 19.2 Å². The van der Waals surface area contributed by atoms with Crippen molar-refractivity contribution in [2.45, 2.75) is 145 Å². The zero-order chi connectivity index (χ0) is 85.3. The number of amides is 14. The van der Waals surface area contributed by atoms with Crippen LogP contribution in [0.3, 0.4) is 0 Å². The van der Waals surface area contributed by atoms with Crippen molar-refractivity contribution in [1.82, 2.24) is 98.9 Å². The number of carbonyl (C=O) groups excluding carboxylic acids is 14. The number of phenolic OH excluding ortho intramolecular Hbond substituents is 1. The summed E-state index contributed by atoms with van der Waals surface area (Å²) in [4.78, 5) is 214. The van der Waals surface area contributed by atoms with Gasteiger partial charge in [-0.1, -0.05) is 91.9 Å². The van der Waals surface area contributed by atoms with Crippen LogP contribution in [0.5, 0.6) is 5.75 Å². The number of aromatic amines is 1. The number of likely N-dealkylation sites (N-methyl/N-ethyl adjacent to an activating group) is 1. The fourth-order valence-corrected chi connectivity index (χ4v) is 13.3. The van der Waals surface area contributed by atoms with E-state index in [9.17, 15) is 58.2 Å². The molecule has 0 aliphatic carbocycles. The fourth-order valence-electron chi connectivity index (χ4n) is 12.4. The summed E-state index contributed by atoms with van der Waals surface area (Å²) in [6.45, 7) is 0.165. The number of nitrogens with two attached hydrogens (primary N) is 3. The summed E-state index contributed by atoms with van der Waals surface area (Å²) < 4.78 is 1.53. The van der Waals surface area contributed by atoms with Crippen molar-refractivity contribution in [3.05, 3.63) is 150 Å². The van der Waals surface area contributed by atoms with E-state index in [0.717, 1.165) is 22.0 Å². The smallest absolute Gasteiger partial charge is 0.245 e. The molecule has 11 unspecified atom stereocenters. The number of carbonyl (C=O) groups is 14. The summed E-state index contributed by atoms with van der Waals surface area (Å²) in [5.41, 5.74) is 18.7. The minimum absolute atomic E-state index is 0.0100. The molecule has 117 heavy (non-hydrogen) atoms. The first-order valence-electron chi connectivity index (χ1n) is 37.6. The van der Waals surface area contributed by atoms with E-state index in [1.807, 2.05) is 24.3 Å². The Morgan fingerprint density at radius 2 is 1.12 bits per heavy atom. The van der Waals surface area contributed by atoms with Crippen molar-refractivity contribution in [2.24, 2.45) is 24.2 Å². The van der Waals surface area contributed by atoms with Crippen LogP contribution in [-0.2, 0) is 106 Å². The molecule has 6 aromatic rings. The molecule has 1 saturated heterocycles. The maximum absolute atomic E-state index is 15.3. The van der Waals surface area contributed by atoms with Gasteiger partial charge in [-0.15, -0.1) is 11.8 Å². The Hall–Kier alpha value is -13.2. The molecule has 0 bridgehead atoms. The second kappa shape index (κ2) is 45.6. The molecule has 0 radical (unpaired) electrons. The third-order valence-corrected chi connectivity index (χ3v) is 19.8. The number of aliphatic hydroxyl groups excluding tert-OH is 1. The number of fused-ring (bicyclic) bond motifs is 1. The summed E-state index contributed by atoms with van der Waals surface area (Å²) in [6.07, 6.45) is 3.61. The molecule has 0 saturated carbocycles. The number of aryl methyl sites for hydroxylation is 1. The van der Waals surface area contributed by atoms with E-state index in [2.05, 4.69) is 89.4 Å². The highest BCUT2D eigenvalue weighted by atomic mass is 32.2. The topological polar surface area (TPSA) is 623 Å². The van der Waals surface area contributed by atoms with E-state index in [0.29, 0.717) is 27.8 Å². The molecule has 1 aliphatic rings. The summed E-state index contributed by atoms with van der Waals surface area (Å²) in [5, 5.41) is 74.1. The van der Waals surface area contributed by atoms with Crippen molar-refractivity contribution in [1.29, 1.82) is 10.8 Å². The van der Waals surface area contributed by atoms with Gasteiger partial charge in [0, 0.05) is 83.1 Å². The van der Waals surface area contributed by atoms with Crippen LogP contribution in [0, 0.1) is 10.8 Å². The Morgan fingerprint density at radius 3 is 1.75 bits per heavy atom. The number of hydrogen-bond acceptors (Lipinski definition) is 21. The summed E-state index contributed by atoms with van der Waals surface area (Å²) >= 11 is 0.801. The SMILES string of the molecule is CCC1NC(=O)C(Cc2ccccc2)NC(=O)CSCC(C(=O)NCC(N)=O)NC(=O)C(Cc2cncn2C)NC(=O)C(CCCNC(=N)N)NC(=O)C(Cc2c[nH]cn2)NC(=O)C(Cc2ccc(O)cc2)N(C)C(=O)C(CCCNC(=N)N)NC(=O)C(CO)NC(=O)CNC(=O)C(C)NC(=O)C(Cc2cccc3ccccc23)NC1=O. The molecule has 2 aromatic heterocycles. The van der Waals surface area contributed by atoms with Gasteiger partial charge in [-0.25, -0.2) is 9.97 Å². The molecule has 3 heterocycles. The first-order chi connectivity index (χ1) is 55.9. The average molecular weight is 1640 g/mol. The van der Waals surface area contributed by atoms with Crippen molar-refractivity contribution in [2.75, 3.05) is 51.3 Å². The Bertz CT molecular complexity index is 4470. The number of hydrogen-bond donors (Lipinski definition) is 22. The highest BCUT2D eigenvalue weighted by Crippen LogP contribution is 2.22. The number of rotatable bonds is 23. The van der Waals surface area contributed by atoms with E-state index in [1.54, 1.807) is 62.5 Å². The van der Waals surface area contributed by atoms with Gasteiger partial charge in [0.15, 0.2) is 11.9 Å². The van der Waals surface area contributed by atoms with Crippen LogP contribution in [0.4, 0.5) is 0 Å². The van der Waals surface area contributed by atoms with Crippen LogP contribution in [0.15, 0.2) is 122 Å².